The van der Waals surface area contributed by atoms with Crippen LogP contribution < -0.4 is 9.88 Å². The molecule has 0 saturated heterocycles. The zero-order valence-corrected chi connectivity index (χ0v) is 14.6. The SMILES string of the molecule is C/C(=C/Cl)COc1cc(C)c(S(N)(=O)=O)cc1C(C)(C)C. The van der Waals surface area contributed by atoms with Gasteiger partial charge in [0.2, 0.25) is 10.0 Å². The molecule has 2 N–H and O–H groups in total. The molecule has 0 unspecified atom stereocenters. The first kappa shape index (κ1) is 18.0. The van der Waals surface area contributed by atoms with Crippen LogP contribution in [0.4, 0.5) is 0 Å². The van der Waals surface area contributed by atoms with Gasteiger partial charge in [-0.25, -0.2) is 13.6 Å². The largest absolute Gasteiger partial charge is 0.489 e. The van der Waals surface area contributed by atoms with E-state index < -0.39 is 10.0 Å². The molecule has 1 rings (SSSR count). The Hall–Kier alpha value is -1.04. The zero-order chi connectivity index (χ0) is 16.4. The van der Waals surface area contributed by atoms with Gasteiger partial charge in [0.25, 0.3) is 0 Å². The van der Waals surface area contributed by atoms with Gasteiger partial charge in [0.15, 0.2) is 0 Å². The Morgan fingerprint density at radius 1 is 1.38 bits per heavy atom. The molecule has 0 bridgehead atoms. The summed E-state index contributed by atoms with van der Waals surface area (Å²) in [5.41, 5.74) is 3.42. The molecule has 21 heavy (non-hydrogen) atoms. The van der Waals surface area contributed by atoms with E-state index in [1.165, 1.54) is 5.54 Å². The summed E-state index contributed by atoms with van der Waals surface area (Å²) in [6, 6.07) is 3.31. The van der Waals surface area contributed by atoms with Crippen molar-refractivity contribution in [2.24, 2.45) is 5.14 Å². The molecular weight excluding hydrogens is 310 g/mol. The van der Waals surface area contributed by atoms with E-state index in [2.05, 4.69) is 0 Å². The molecule has 0 amide bonds. The lowest BCUT2D eigenvalue weighted by Gasteiger charge is -2.24. The number of benzene rings is 1. The van der Waals surface area contributed by atoms with Crippen molar-refractivity contribution in [3.8, 4) is 5.75 Å². The normalized spacial score (nSPS) is 13.4. The molecule has 0 radical (unpaired) electrons. The van der Waals surface area contributed by atoms with Gasteiger partial charge in [0.1, 0.15) is 12.4 Å². The fourth-order valence-electron chi connectivity index (χ4n) is 1.90. The molecule has 0 atom stereocenters. The van der Waals surface area contributed by atoms with Gasteiger partial charge in [-0.3, -0.25) is 0 Å². The quantitative estimate of drug-likeness (QED) is 0.918. The van der Waals surface area contributed by atoms with Crippen LogP contribution in [0.5, 0.6) is 5.75 Å². The summed E-state index contributed by atoms with van der Waals surface area (Å²) in [6.07, 6.45) is 0. The zero-order valence-electron chi connectivity index (χ0n) is 13.0. The average molecular weight is 332 g/mol. The van der Waals surface area contributed by atoms with Gasteiger partial charge in [-0.15, -0.1) is 0 Å². The van der Waals surface area contributed by atoms with Crippen molar-refractivity contribution >= 4 is 21.6 Å². The monoisotopic (exact) mass is 331 g/mol. The van der Waals surface area contributed by atoms with E-state index in [1.807, 2.05) is 27.7 Å². The van der Waals surface area contributed by atoms with Crippen molar-refractivity contribution in [3.05, 3.63) is 34.4 Å². The molecule has 0 saturated carbocycles. The minimum Gasteiger partial charge on any atom is -0.489 e. The number of hydrogen-bond acceptors (Lipinski definition) is 3. The van der Waals surface area contributed by atoms with Crippen LogP contribution in [0.15, 0.2) is 28.1 Å². The number of primary sulfonamides is 1. The fourth-order valence-corrected chi connectivity index (χ4v) is 2.75. The molecule has 118 valence electrons. The lowest BCUT2D eigenvalue weighted by molar-refractivity contribution is 0.340. The number of nitrogens with two attached hydrogens (primary N) is 1. The van der Waals surface area contributed by atoms with E-state index in [-0.39, 0.29) is 10.3 Å². The van der Waals surface area contributed by atoms with E-state index in [1.54, 1.807) is 19.1 Å². The highest BCUT2D eigenvalue weighted by molar-refractivity contribution is 7.89. The van der Waals surface area contributed by atoms with Gasteiger partial charge in [0, 0.05) is 11.1 Å². The second-order valence-electron chi connectivity index (χ2n) is 6.15. The fraction of sp³-hybridized carbons (Fsp3) is 0.467. The Kier molecular flexibility index (Phi) is 5.47. The molecule has 6 heteroatoms. The standard InChI is InChI=1S/C15H22ClNO3S/c1-10(8-16)9-20-13-6-11(2)14(21(17,18)19)7-12(13)15(3,4)5/h6-8H,9H2,1-5H3,(H2,17,18,19)/b10-8-. The molecule has 4 nitrogen and oxygen atoms in total. The third kappa shape index (κ3) is 4.73. The minimum atomic E-state index is -3.76. The van der Waals surface area contributed by atoms with Crippen LogP contribution >= 0.6 is 11.6 Å². The third-order valence-corrected chi connectivity index (χ3v) is 4.46. The smallest absolute Gasteiger partial charge is 0.238 e. The summed E-state index contributed by atoms with van der Waals surface area (Å²) >= 11 is 5.63. The maximum atomic E-state index is 11.7. The molecule has 0 fully saturated rings. The Labute approximate surface area is 132 Å². The molecule has 0 aliphatic rings. The summed E-state index contributed by atoms with van der Waals surface area (Å²) in [4.78, 5) is 0.129. The summed E-state index contributed by atoms with van der Waals surface area (Å²) in [5.74, 6) is 0.644. The molecule has 0 aliphatic heterocycles. The van der Waals surface area contributed by atoms with Crippen LogP contribution in [0.25, 0.3) is 0 Å². The number of aryl methyl sites for hydroxylation is 1. The van der Waals surface area contributed by atoms with Crippen molar-refractivity contribution in [1.82, 2.24) is 0 Å². The number of hydrogen-bond donors (Lipinski definition) is 1. The predicted octanol–water partition coefficient (Wildman–Crippen LogP) is 3.46. The number of ether oxygens (including phenoxy) is 1. The number of sulfonamides is 1. The molecule has 0 aromatic heterocycles. The Balaban J connectivity index is 3.41. The van der Waals surface area contributed by atoms with Crippen LogP contribution in [-0.2, 0) is 15.4 Å². The van der Waals surface area contributed by atoms with Crippen molar-refractivity contribution < 1.29 is 13.2 Å². The lowest BCUT2D eigenvalue weighted by atomic mass is 9.86. The molecule has 0 aliphatic carbocycles. The van der Waals surface area contributed by atoms with Crippen molar-refractivity contribution in [1.29, 1.82) is 0 Å². The van der Waals surface area contributed by atoms with Gasteiger partial charge >= 0.3 is 0 Å². The summed E-state index contributed by atoms with van der Waals surface area (Å²) in [5, 5.41) is 5.27. The van der Waals surface area contributed by atoms with Gasteiger partial charge in [-0.05, 0) is 42.5 Å². The highest BCUT2D eigenvalue weighted by Gasteiger charge is 2.24. The summed E-state index contributed by atoms with van der Waals surface area (Å²) in [7, 11) is -3.76. The van der Waals surface area contributed by atoms with Crippen LogP contribution in [0.2, 0.25) is 0 Å². The first-order valence-electron chi connectivity index (χ1n) is 6.53. The second-order valence-corrected chi connectivity index (χ2v) is 7.90. The Morgan fingerprint density at radius 2 is 1.95 bits per heavy atom. The van der Waals surface area contributed by atoms with Gasteiger partial charge < -0.3 is 4.74 Å². The van der Waals surface area contributed by atoms with E-state index in [4.69, 9.17) is 21.5 Å². The molecule has 1 aromatic rings. The van der Waals surface area contributed by atoms with Crippen molar-refractivity contribution in [3.63, 3.8) is 0 Å². The minimum absolute atomic E-state index is 0.129. The lowest BCUT2D eigenvalue weighted by Crippen LogP contribution is -2.19. The van der Waals surface area contributed by atoms with Gasteiger partial charge in [-0.1, -0.05) is 32.4 Å². The average Bonchev–Trinajstić information content (AvgIpc) is 2.32. The highest BCUT2D eigenvalue weighted by atomic mass is 35.5. The molecule has 1 aromatic carbocycles. The maximum Gasteiger partial charge on any atom is 0.238 e. The van der Waals surface area contributed by atoms with Crippen LogP contribution in [0, 0.1) is 6.92 Å². The number of rotatable bonds is 4. The summed E-state index contributed by atoms with van der Waals surface area (Å²) in [6.45, 7) is 9.87. The molecule has 0 spiro atoms. The Morgan fingerprint density at radius 3 is 2.38 bits per heavy atom. The van der Waals surface area contributed by atoms with Crippen molar-refractivity contribution in [2.75, 3.05) is 6.61 Å². The Bertz CT molecular complexity index is 658. The second kappa shape index (κ2) is 6.38. The molecular formula is C15H22ClNO3S. The first-order chi connectivity index (χ1) is 9.46. The van der Waals surface area contributed by atoms with E-state index in [0.717, 1.165) is 11.1 Å². The highest BCUT2D eigenvalue weighted by Crippen LogP contribution is 2.35. The van der Waals surface area contributed by atoms with Crippen LogP contribution in [-0.4, -0.2) is 15.0 Å². The topological polar surface area (TPSA) is 69.4 Å². The maximum absolute atomic E-state index is 11.7. The third-order valence-electron chi connectivity index (χ3n) is 3.03. The van der Waals surface area contributed by atoms with E-state index in [9.17, 15) is 8.42 Å². The van der Waals surface area contributed by atoms with E-state index >= 15 is 0 Å². The predicted molar refractivity (Wildman–Crippen MR) is 86.4 cm³/mol. The van der Waals surface area contributed by atoms with E-state index in [0.29, 0.717) is 17.9 Å². The summed E-state index contributed by atoms with van der Waals surface area (Å²) < 4.78 is 29.1. The van der Waals surface area contributed by atoms with Gasteiger partial charge in [0.05, 0.1) is 4.90 Å². The number of halogens is 1. The van der Waals surface area contributed by atoms with Crippen LogP contribution in [0.3, 0.4) is 0 Å². The van der Waals surface area contributed by atoms with Gasteiger partial charge in [-0.2, -0.15) is 0 Å². The molecule has 0 heterocycles. The van der Waals surface area contributed by atoms with Crippen LogP contribution in [0.1, 0.15) is 38.8 Å². The van der Waals surface area contributed by atoms with Crippen molar-refractivity contribution in [2.45, 2.75) is 44.9 Å². The first-order valence-corrected chi connectivity index (χ1v) is 8.51.